The highest BCUT2D eigenvalue weighted by molar-refractivity contribution is 5.88. The summed E-state index contributed by atoms with van der Waals surface area (Å²) >= 11 is 0. The molecule has 1 aliphatic rings. The van der Waals surface area contributed by atoms with Gasteiger partial charge in [-0.1, -0.05) is 0 Å². The lowest BCUT2D eigenvalue weighted by atomic mass is 9.77. The van der Waals surface area contributed by atoms with Crippen molar-refractivity contribution in [1.82, 2.24) is 5.32 Å². The first-order valence-electron chi connectivity index (χ1n) is 7.65. The number of fused-ring (bicyclic) bond motifs is 1. The van der Waals surface area contributed by atoms with Crippen LogP contribution >= 0.6 is 0 Å². The Hall–Kier alpha value is -2.24. The van der Waals surface area contributed by atoms with Crippen molar-refractivity contribution < 1.29 is 23.8 Å². The van der Waals surface area contributed by atoms with E-state index in [9.17, 15) is 9.59 Å². The van der Waals surface area contributed by atoms with Crippen molar-refractivity contribution in [2.24, 2.45) is 0 Å². The molecule has 6 nitrogen and oxygen atoms in total. The molecular weight excluding hydrogens is 298 g/mol. The second-order valence-electron chi connectivity index (χ2n) is 5.64. The Kier molecular flexibility index (Phi) is 5.13. The third kappa shape index (κ3) is 3.41. The van der Waals surface area contributed by atoms with E-state index in [4.69, 9.17) is 14.2 Å². The van der Waals surface area contributed by atoms with Crippen LogP contribution in [0.15, 0.2) is 12.1 Å². The summed E-state index contributed by atoms with van der Waals surface area (Å²) in [6.45, 7) is 3.44. The van der Waals surface area contributed by atoms with Crippen molar-refractivity contribution in [3.63, 3.8) is 0 Å². The standard InChI is InChI=1S/C17H23NO5/c1-5-23-16(20)17(18-11(2)19)7-6-12-8-14(21-3)15(22-4)9-13(12)10-17/h8-9H,5-7,10H2,1-4H3,(H,18,19). The summed E-state index contributed by atoms with van der Waals surface area (Å²) in [7, 11) is 3.16. The molecule has 0 aliphatic heterocycles. The van der Waals surface area contributed by atoms with Crippen molar-refractivity contribution in [1.29, 1.82) is 0 Å². The number of methoxy groups -OCH3 is 2. The molecular formula is C17H23NO5. The van der Waals surface area contributed by atoms with Gasteiger partial charge in [0.1, 0.15) is 5.54 Å². The summed E-state index contributed by atoms with van der Waals surface area (Å²) in [5.74, 6) is 0.626. The van der Waals surface area contributed by atoms with Gasteiger partial charge in [0, 0.05) is 13.3 Å². The van der Waals surface area contributed by atoms with Crippen LogP contribution < -0.4 is 14.8 Å². The van der Waals surface area contributed by atoms with Crippen LogP contribution in [0, 0.1) is 0 Å². The summed E-state index contributed by atoms with van der Waals surface area (Å²) in [4.78, 5) is 24.0. The minimum Gasteiger partial charge on any atom is -0.493 e. The van der Waals surface area contributed by atoms with E-state index in [2.05, 4.69) is 5.32 Å². The van der Waals surface area contributed by atoms with Crippen molar-refractivity contribution in [3.8, 4) is 11.5 Å². The molecule has 0 saturated heterocycles. The molecule has 2 rings (SSSR count). The van der Waals surface area contributed by atoms with E-state index < -0.39 is 11.5 Å². The van der Waals surface area contributed by atoms with Crippen LogP contribution in [0.3, 0.4) is 0 Å². The number of amides is 1. The highest BCUT2D eigenvalue weighted by Crippen LogP contribution is 2.37. The molecule has 0 spiro atoms. The van der Waals surface area contributed by atoms with Gasteiger partial charge in [0.25, 0.3) is 0 Å². The zero-order chi connectivity index (χ0) is 17.0. The maximum atomic E-state index is 12.5. The fraction of sp³-hybridized carbons (Fsp3) is 0.529. The normalized spacial score (nSPS) is 19.5. The fourth-order valence-corrected chi connectivity index (χ4v) is 3.06. The molecule has 0 heterocycles. The molecule has 1 N–H and O–H groups in total. The monoisotopic (exact) mass is 321 g/mol. The van der Waals surface area contributed by atoms with Gasteiger partial charge in [0.15, 0.2) is 11.5 Å². The Morgan fingerprint density at radius 1 is 1.17 bits per heavy atom. The van der Waals surface area contributed by atoms with Crippen LogP contribution in [0.2, 0.25) is 0 Å². The number of nitrogens with one attached hydrogen (secondary N) is 1. The smallest absolute Gasteiger partial charge is 0.332 e. The summed E-state index contributed by atoms with van der Waals surface area (Å²) in [6.07, 6.45) is 1.52. The molecule has 1 aromatic rings. The van der Waals surface area contributed by atoms with Crippen LogP contribution in [0.4, 0.5) is 0 Å². The molecule has 126 valence electrons. The first-order chi connectivity index (χ1) is 11.0. The third-order valence-electron chi connectivity index (χ3n) is 4.10. The van der Waals surface area contributed by atoms with Gasteiger partial charge < -0.3 is 19.5 Å². The maximum Gasteiger partial charge on any atom is 0.332 e. The first kappa shape index (κ1) is 17.1. The predicted octanol–water partition coefficient (Wildman–Crippen LogP) is 1.63. The fourth-order valence-electron chi connectivity index (χ4n) is 3.06. The quantitative estimate of drug-likeness (QED) is 0.835. The summed E-state index contributed by atoms with van der Waals surface area (Å²) in [6, 6.07) is 3.79. The van der Waals surface area contributed by atoms with E-state index >= 15 is 0 Å². The zero-order valence-electron chi connectivity index (χ0n) is 14.0. The van der Waals surface area contributed by atoms with Crippen LogP contribution in [0.1, 0.15) is 31.4 Å². The number of hydrogen-bond donors (Lipinski definition) is 1. The SMILES string of the molecule is CCOC(=O)C1(NC(C)=O)CCc2cc(OC)c(OC)cc2C1. The lowest BCUT2D eigenvalue weighted by Gasteiger charge is -2.36. The molecule has 0 bridgehead atoms. The van der Waals surface area contributed by atoms with E-state index in [1.807, 2.05) is 12.1 Å². The summed E-state index contributed by atoms with van der Waals surface area (Å²) in [5, 5.41) is 2.80. The molecule has 1 amide bonds. The Morgan fingerprint density at radius 2 is 1.78 bits per heavy atom. The van der Waals surface area contributed by atoms with Crippen molar-refractivity contribution in [3.05, 3.63) is 23.3 Å². The predicted molar refractivity (Wildman–Crippen MR) is 84.8 cm³/mol. The lowest BCUT2D eigenvalue weighted by Crippen LogP contribution is -2.58. The molecule has 0 aromatic heterocycles. The highest BCUT2D eigenvalue weighted by atomic mass is 16.5. The van der Waals surface area contributed by atoms with E-state index in [0.29, 0.717) is 30.8 Å². The largest absolute Gasteiger partial charge is 0.493 e. The number of aryl methyl sites for hydroxylation is 1. The van der Waals surface area contributed by atoms with Gasteiger partial charge >= 0.3 is 5.97 Å². The number of benzene rings is 1. The van der Waals surface area contributed by atoms with Gasteiger partial charge in [-0.15, -0.1) is 0 Å². The molecule has 0 saturated carbocycles. The molecule has 23 heavy (non-hydrogen) atoms. The van der Waals surface area contributed by atoms with Crippen molar-refractivity contribution in [2.45, 2.75) is 38.6 Å². The summed E-state index contributed by atoms with van der Waals surface area (Å²) in [5.41, 5.74) is 1.03. The lowest BCUT2D eigenvalue weighted by molar-refractivity contribution is -0.153. The average molecular weight is 321 g/mol. The Bertz CT molecular complexity index is 613. The van der Waals surface area contributed by atoms with Crippen molar-refractivity contribution >= 4 is 11.9 Å². The molecule has 1 aliphatic carbocycles. The van der Waals surface area contributed by atoms with E-state index in [-0.39, 0.29) is 12.5 Å². The van der Waals surface area contributed by atoms with E-state index in [1.54, 1.807) is 21.1 Å². The highest BCUT2D eigenvalue weighted by Gasteiger charge is 2.43. The molecule has 1 unspecified atom stereocenters. The van der Waals surface area contributed by atoms with Crippen molar-refractivity contribution in [2.75, 3.05) is 20.8 Å². The number of rotatable bonds is 5. The molecule has 1 atom stereocenters. The Morgan fingerprint density at radius 3 is 2.30 bits per heavy atom. The second kappa shape index (κ2) is 6.89. The molecule has 1 aromatic carbocycles. The topological polar surface area (TPSA) is 73.9 Å². The van der Waals surface area contributed by atoms with E-state index in [0.717, 1.165) is 11.1 Å². The number of ether oxygens (including phenoxy) is 3. The number of carbonyl (C=O) groups is 2. The number of hydrogen-bond acceptors (Lipinski definition) is 5. The summed E-state index contributed by atoms with van der Waals surface area (Å²) < 4.78 is 15.8. The number of carbonyl (C=O) groups excluding carboxylic acids is 2. The Balaban J connectivity index is 2.41. The van der Waals surface area contributed by atoms with Gasteiger partial charge in [0.05, 0.1) is 20.8 Å². The maximum absolute atomic E-state index is 12.5. The third-order valence-corrected chi connectivity index (χ3v) is 4.10. The van der Waals surface area contributed by atoms with E-state index in [1.165, 1.54) is 6.92 Å². The Labute approximate surface area is 136 Å². The minimum absolute atomic E-state index is 0.248. The van der Waals surface area contributed by atoms with Crippen LogP contribution in [0.25, 0.3) is 0 Å². The van der Waals surface area contributed by atoms with Gasteiger partial charge in [-0.25, -0.2) is 4.79 Å². The first-order valence-corrected chi connectivity index (χ1v) is 7.65. The molecule has 0 fully saturated rings. The minimum atomic E-state index is -1.02. The second-order valence-corrected chi connectivity index (χ2v) is 5.64. The van der Waals surface area contributed by atoms with Crippen LogP contribution in [-0.4, -0.2) is 38.2 Å². The van der Waals surface area contributed by atoms with Crippen LogP contribution in [-0.2, 0) is 27.2 Å². The van der Waals surface area contributed by atoms with Gasteiger partial charge in [-0.2, -0.15) is 0 Å². The zero-order valence-corrected chi connectivity index (χ0v) is 14.0. The van der Waals surface area contributed by atoms with Crippen LogP contribution in [0.5, 0.6) is 11.5 Å². The molecule has 6 heteroatoms. The average Bonchev–Trinajstić information content (AvgIpc) is 2.53. The van der Waals surface area contributed by atoms with Gasteiger partial charge in [-0.3, -0.25) is 4.79 Å². The number of esters is 1. The van der Waals surface area contributed by atoms with Gasteiger partial charge in [-0.05, 0) is 43.0 Å². The molecule has 0 radical (unpaired) electrons. The van der Waals surface area contributed by atoms with Gasteiger partial charge in [0.2, 0.25) is 5.91 Å².